The predicted molar refractivity (Wildman–Crippen MR) is 115 cm³/mol. The smallest absolute Gasteiger partial charge is 0.312 e. The second kappa shape index (κ2) is 8.24. The predicted octanol–water partition coefficient (Wildman–Crippen LogP) is 1.67. The fourth-order valence-electron chi connectivity index (χ4n) is 5.18. The number of benzene rings is 1. The van der Waals surface area contributed by atoms with Crippen LogP contribution in [0.3, 0.4) is 0 Å². The number of imidazole rings is 1. The molecule has 8 nitrogen and oxygen atoms in total. The van der Waals surface area contributed by atoms with Crippen molar-refractivity contribution in [2.45, 2.75) is 38.7 Å². The van der Waals surface area contributed by atoms with E-state index in [1.807, 2.05) is 30.0 Å². The van der Waals surface area contributed by atoms with Gasteiger partial charge in [-0.1, -0.05) is 6.07 Å². The maximum Gasteiger partial charge on any atom is 0.312 e. The van der Waals surface area contributed by atoms with Crippen molar-refractivity contribution in [2.24, 2.45) is 5.41 Å². The van der Waals surface area contributed by atoms with E-state index in [0.29, 0.717) is 32.4 Å². The summed E-state index contributed by atoms with van der Waals surface area (Å²) >= 11 is 0. The number of carbonyl (C=O) groups excluding carboxylic acids is 2. The third-order valence-electron chi connectivity index (χ3n) is 6.98. The summed E-state index contributed by atoms with van der Waals surface area (Å²) in [6, 6.07) is 5.93. The Morgan fingerprint density at radius 1 is 1.23 bits per heavy atom. The fraction of sp³-hybridized carbons (Fsp3) is 0.609. The summed E-state index contributed by atoms with van der Waals surface area (Å²) in [5.41, 5.74) is 2.44. The van der Waals surface area contributed by atoms with Gasteiger partial charge in [-0.3, -0.25) is 14.5 Å². The van der Waals surface area contributed by atoms with E-state index in [9.17, 15) is 9.59 Å². The van der Waals surface area contributed by atoms with Crippen LogP contribution in [0, 0.1) is 12.3 Å². The lowest BCUT2D eigenvalue weighted by Crippen LogP contribution is -2.45. The summed E-state index contributed by atoms with van der Waals surface area (Å²) in [5, 5.41) is 0. The van der Waals surface area contributed by atoms with Crippen LogP contribution < -0.4 is 0 Å². The minimum absolute atomic E-state index is 0.0440. The number of H-pyrrole nitrogens is 1. The molecule has 1 aromatic heterocycles. The van der Waals surface area contributed by atoms with Crippen LogP contribution in [0.1, 0.15) is 30.7 Å². The van der Waals surface area contributed by atoms with Crippen molar-refractivity contribution < 1.29 is 19.1 Å². The van der Waals surface area contributed by atoms with E-state index in [4.69, 9.17) is 9.47 Å². The molecular formula is C23H30N4O4. The average molecular weight is 427 g/mol. The number of hydrogen-bond acceptors (Lipinski definition) is 6. The van der Waals surface area contributed by atoms with Crippen LogP contribution >= 0.6 is 0 Å². The number of fused-ring (bicyclic) bond motifs is 1. The number of piperidine rings is 1. The lowest BCUT2D eigenvalue weighted by atomic mass is 9.76. The quantitative estimate of drug-likeness (QED) is 0.749. The molecule has 1 N–H and O–H groups in total. The Morgan fingerprint density at radius 3 is 2.77 bits per heavy atom. The lowest BCUT2D eigenvalue weighted by Gasteiger charge is -2.36. The van der Waals surface area contributed by atoms with E-state index in [1.54, 1.807) is 0 Å². The minimum Gasteiger partial charge on any atom is -0.461 e. The van der Waals surface area contributed by atoms with Crippen LogP contribution in [0.15, 0.2) is 18.2 Å². The highest BCUT2D eigenvalue weighted by molar-refractivity contribution is 5.83. The Bertz CT molecular complexity index is 973. The number of cyclic esters (lactones) is 1. The second-order valence-electron chi connectivity index (χ2n) is 9.16. The highest BCUT2D eigenvalue weighted by atomic mass is 16.6. The highest BCUT2D eigenvalue weighted by Gasteiger charge is 2.51. The molecule has 0 bridgehead atoms. The van der Waals surface area contributed by atoms with Crippen molar-refractivity contribution in [3.8, 4) is 0 Å². The van der Waals surface area contributed by atoms with Gasteiger partial charge in [-0.2, -0.15) is 0 Å². The molecule has 8 heteroatoms. The van der Waals surface area contributed by atoms with E-state index in [-0.39, 0.29) is 18.0 Å². The summed E-state index contributed by atoms with van der Waals surface area (Å²) in [5.74, 6) is 0.912. The number of esters is 1. The van der Waals surface area contributed by atoms with Crippen molar-refractivity contribution in [3.63, 3.8) is 0 Å². The number of morpholine rings is 1. The molecule has 31 heavy (non-hydrogen) atoms. The molecule has 1 atom stereocenters. The Morgan fingerprint density at radius 2 is 2.00 bits per heavy atom. The second-order valence-corrected chi connectivity index (χ2v) is 9.16. The van der Waals surface area contributed by atoms with Crippen molar-refractivity contribution >= 4 is 22.9 Å². The van der Waals surface area contributed by atoms with Crippen molar-refractivity contribution in [1.29, 1.82) is 0 Å². The van der Waals surface area contributed by atoms with E-state index in [0.717, 1.165) is 61.7 Å². The molecule has 1 aromatic carbocycles. The molecule has 4 heterocycles. The highest BCUT2D eigenvalue weighted by Crippen LogP contribution is 2.43. The number of likely N-dealkylation sites (tertiary alicyclic amines) is 1. The first-order valence-electron chi connectivity index (χ1n) is 11.2. The summed E-state index contributed by atoms with van der Waals surface area (Å²) in [4.78, 5) is 37.5. The Kier molecular flexibility index (Phi) is 5.44. The van der Waals surface area contributed by atoms with Crippen molar-refractivity contribution in [2.75, 3.05) is 45.9 Å². The summed E-state index contributed by atoms with van der Waals surface area (Å²) in [6.45, 7) is 7.22. The molecule has 0 saturated carbocycles. The molecule has 3 aliphatic rings. The molecule has 1 spiro atoms. The molecule has 2 aromatic rings. The largest absolute Gasteiger partial charge is 0.461 e. The third-order valence-corrected chi connectivity index (χ3v) is 6.98. The van der Waals surface area contributed by atoms with E-state index in [2.05, 4.69) is 14.9 Å². The van der Waals surface area contributed by atoms with Gasteiger partial charge in [0.2, 0.25) is 5.91 Å². The van der Waals surface area contributed by atoms with Gasteiger partial charge in [0.25, 0.3) is 0 Å². The standard InChI is InChI=1S/C23H30N4O4/c1-16-24-19-3-2-17(12-20(19)25-16)13-21(28)27-6-4-23(5-7-27)14-18(31-22(23)29)15-26-8-10-30-11-9-26/h2-3,12,18H,4-11,13-15H2,1H3,(H,24,25). The molecule has 0 radical (unpaired) electrons. The molecular weight excluding hydrogens is 396 g/mol. The summed E-state index contributed by atoms with van der Waals surface area (Å²) in [7, 11) is 0. The number of hydrogen-bond donors (Lipinski definition) is 1. The first kappa shape index (κ1) is 20.5. The van der Waals surface area contributed by atoms with Gasteiger partial charge >= 0.3 is 5.97 Å². The number of aromatic amines is 1. The zero-order valence-electron chi connectivity index (χ0n) is 18.1. The van der Waals surface area contributed by atoms with Crippen LogP contribution in [0.2, 0.25) is 0 Å². The van der Waals surface area contributed by atoms with Gasteiger partial charge in [-0.05, 0) is 37.5 Å². The summed E-state index contributed by atoms with van der Waals surface area (Å²) in [6.07, 6.45) is 2.47. The minimum atomic E-state index is -0.417. The van der Waals surface area contributed by atoms with Crippen molar-refractivity contribution in [3.05, 3.63) is 29.6 Å². The average Bonchev–Trinajstić information content (AvgIpc) is 3.27. The molecule has 0 aliphatic carbocycles. The fourth-order valence-corrected chi connectivity index (χ4v) is 5.18. The normalized spacial score (nSPS) is 24.1. The summed E-state index contributed by atoms with van der Waals surface area (Å²) < 4.78 is 11.2. The van der Waals surface area contributed by atoms with Crippen molar-refractivity contribution in [1.82, 2.24) is 19.8 Å². The van der Waals surface area contributed by atoms with E-state index >= 15 is 0 Å². The first-order valence-corrected chi connectivity index (χ1v) is 11.2. The van der Waals surface area contributed by atoms with Gasteiger partial charge in [0.05, 0.1) is 36.1 Å². The van der Waals surface area contributed by atoms with E-state index < -0.39 is 5.41 Å². The monoisotopic (exact) mass is 426 g/mol. The third kappa shape index (κ3) is 4.19. The maximum absolute atomic E-state index is 12.9. The molecule has 3 aliphatic heterocycles. The molecule has 3 saturated heterocycles. The maximum atomic E-state index is 12.9. The number of ether oxygens (including phenoxy) is 2. The Balaban J connectivity index is 1.16. The van der Waals surface area contributed by atoms with Gasteiger partial charge in [0, 0.05) is 39.1 Å². The number of aryl methyl sites for hydroxylation is 1. The topological polar surface area (TPSA) is 87.8 Å². The number of rotatable bonds is 4. The number of nitrogens with zero attached hydrogens (tertiary/aromatic N) is 3. The lowest BCUT2D eigenvalue weighted by molar-refractivity contribution is -0.153. The number of nitrogens with one attached hydrogen (secondary N) is 1. The molecule has 166 valence electrons. The van der Waals surface area contributed by atoms with Crippen LogP contribution in [0.4, 0.5) is 0 Å². The molecule has 1 amide bonds. The number of aromatic nitrogens is 2. The van der Waals surface area contributed by atoms with E-state index in [1.165, 1.54) is 0 Å². The van der Waals surface area contributed by atoms with Gasteiger partial charge in [-0.15, -0.1) is 0 Å². The number of carbonyl (C=O) groups is 2. The van der Waals surface area contributed by atoms with Crippen LogP contribution in [0.5, 0.6) is 0 Å². The SMILES string of the molecule is Cc1nc2ccc(CC(=O)N3CCC4(CC3)CC(CN3CCOCC3)OC4=O)cc2[nH]1. The Labute approximate surface area is 181 Å². The zero-order chi connectivity index (χ0) is 21.4. The molecule has 3 fully saturated rings. The Hall–Kier alpha value is -2.45. The van der Waals surface area contributed by atoms with Crippen LogP contribution in [-0.4, -0.2) is 83.7 Å². The first-order chi connectivity index (χ1) is 15.0. The molecule has 1 unspecified atom stereocenters. The van der Waals surface area contributed by atoms with Gasteiger partial charge in [0.1, 0.15) is 11.9 Å². The van der Waals surface area contributed by atoms with Crippen LogP contribution in [-0.2, 0) is 25.5 Å². The number of amides is 1. The van der Waals surface area contributed by atoms with Gasteiger partial charge in [0.15, 0.2) is 0 Å². The van der Waals surface area contributed by atoms with Gasteiger partial charge < -0.3 is 19.4 Å². The zero-order valence-corrected chi connectivity index (χ0v) is 18.1. The van der Waals surface area contributed by atoms with Crippen LogP contribution in [0.25, 0.3) is 11.0 Å². The van der Waals surface area contributed by atoms with Gasteiger partial charge in [-0.25, -0.2) is 4.98 Å². The molecule has 5 rings (SSSR count).